The Morgan fingerprint density at radius 3 is 2.47 bits per heavy atom. The fraction of sp³-hybridized carbons (Fsp3) is 0.909. The zero-order valence-electron chi connectivity index (χ0n) is 11.3. The van der Waals surface area contributed by atoms with Crippen LogP contribution < -0.4 is 10.6 Å². The standard InChI is InChI=1S/C11H25N3O2S/c1-5-10(3)14-11(12-6-2)13-8-7-9-17(4,15)16/h10H,5-9H2,1-4H3,(H2,12,13,14). The van der Waals surface area contributed by atoms with Crippen LogP contribution in [0.1, 0.15) is 33.6 Å². The van der Waals surface area contributed by atoms with E-state index in [0.717, 1.165) is 18.9 Å². The highest BCUT2D eigenvalue weighted by Gasteiger charge is 2.03. The van der Waals surface area contributed by atoms with Gasteiger partial charge in [-0.3, -0.25) is 4.99 Å². The Morgan fingerprint density at radius 2 is 2.00 bits per heavy atom. The molecule has 0 aliphatic rings. The minimum atomic E-state index is -2.87. The highest BCUT2D eigenvalue weighted by molar-refractivity contribution is 7.90. The fourth-order valence-corrected chi connectivity index (χ4v) is 1.83. The van der Waals surface area contributed by atoms with Crippen molar-refractivity contribution in [3.05, 3.63) is 0 Å². The monoisotopic (exact) mass is 263 g/mol. The van der Waals surface area contributed by atoms with Crippen molar-refractivity contribution in [2.24, 2.45) is 4.99 Å². The number of hydrogen-bond donors (Lipinski definition) is 2. The first-order valence-corrected chi connectivity index (χ1v) is 8.17. The Bertz CT molecular complexity index is 326. The third-order valence-corrected chi connectivity index (χ3v) is 3.31. The predicted molar refractivity (Wildman–Crippen MR) is 73.2 cm³/mol. The lowest BCUT2D eigenvalue weighted by atomic mass is 10.3. The van der Waals surface area contributed by atoms with Crippen molar-refractivity contribution in [1.29, 1.82) is 0 Å². The molecule has 0 aromatic carbocycles. The van der Waals surface area contributed by atoms with E-state index in [9.17, 15) is 8.42 Å². The summed E-state index contributed by atoms with van der Waals surface area (Å²) in [6, 6.07) is 0.364. The second-order valence-corrected chi connectivity index (χ2v) is 6.46. The molecule has 0 rings (SSSR count). The number of sulfone groups is 1. The predicted octanol–water partition coefficient (Wildman–Crippen LogP) is 0.775. The van der Waals surface area contributed by atoms with E-state index >= 15 is 0 Å². The van der Waals surface area contributed by atoms with Crippen LogP contribution in [0, 0.1) is 0 Å². The minimum Gasteiger partial charge on any atom is -0.357 e. The molecule has 1 atom stereocenters. The normalized spacial score (nSPS) is 14.5. The molecule has 0 bridgehead atoms. The number of guanidine groups is 1. The molecule has 17 heavy (non-hydrogen) atoms. The SMILES string of the molecule is CCNC(=NCCCS(C)(=O)=O)NC(C)CC. The number of aliphatic imine (C=N–C) groups is 1. The summed E-state index contributed by atoms with van der Waals surface area (Å²) in [6.45, 7) is 7.52. The molecule has 0 aromatic heterocycles. The van der Waals surface area contributed by atoms with Gasteiger partial charge < -0.3 is 10.6 Å². The van der Waals surface area contributed by atoms with Crippen LogP contribution in [-0.2, 0) is 9.84 Å². The quantitative estimate of drug-likeness (QED) is 0.404. The third-order valence-electron chi connectivity index (χ3n) is 2.28. The molecule has 0 heterocycles. The second kappa shape index (κ2) is 8.33. The van der Waals surface area contributed by atoms with E-state index in [1.165, 1.54) is 6.26 Å². The van der Waals surface area contributed by atoms with Gasteiger partial charge in [-0.2, -0.15) is 0 Å². The summed E-state index contributed by atoms with van der Waals surface area (Å²) in [5.41, 5.74) is 0. The van der Waals surface area contributed by atoms with Crippen LogP contribution in [0.15, 0.2) is 4.99 Å². The van der Waals surface area contributed by atoms with Crippen molar-refractivity contribution in [3.63, 3.8) is 0 Å². The van der Waals surface area contributed by atoms with Gasteiger partial charge in [0.1, 0.15) is 9.84 Å². The molecule has 0 radical (unpaired) electrons. The van der Waals surface area contributed by atoms with Gasteiger partial charge in [0.15, 0.2) is 5.96 Å². The Hall–Kier alpha value is -0.780. The zero-order chi connectivity index (χ0) is 13.3. The maximum Gasteiger partial charge on any atom is 0.191 e. The number of nitrogens with zero attached hydrogens (tertiary/aromatic N) is 1. The first kappa shape index (κ1) is 16.2. The lowest BCUT2D eigenvalue weighted by Gasteiger charge is -2.16. The van der Waals surface area contributed by atoms with E-state index in [4.69, 9.17) is 0 Å². The molecule has 0 saturated carbocycles. The Balaban J connectivity index is 4.11. The van der Waals surface area contributed by atoms with Crippen molar-refractivity contribution in [2.75, 3.05) is 25.1 Å². The summed E-state index contributed by atoms with van der Waals surface area (Å²) < 4.78 is 21.9. The zero-order valence-corrected chi connectivity index (χ0v) is 12.1. The molecule has 6 heteroatoms. The summed E-state index contributed by atoms with van der Waals surface area (Å²) in [5.74, 6) is 0.953. The Morgan fingerprint density at radius 1 is 1.35 bits per heavy atom. The first-order valence-electron chi connectivity index (χ1n) is 6.11. The lowest BCUT2D eigenvalue weighted by molar-refractivity contribution is 0.598. The van der Waals surface area contributed by atoms with Gasteiger partial charge >= 0.3 is 0 Å². The molecule has 0 aliphatic carbocycles. The number of rotatable bonds is 7. The van der Waals surface area contributed by atoms with Gasteiger partial charge in [0, 0.05) is 25.4 Å². The van der Waals surface area contributed by atoms with Crippen LogP contribution in [0.25, 0.3) is 0 Å². The summed E-state index contributed by atoms with van der Waals surface area (Å²) in [5, 5.41) is 6.39. The number of nitrogens with one attached hydrogen (secondary N) is 2. The molecule has 0 amide bonds. The van der Waals surface area contributed by atoms with Crippen molar-refractivity contribution < 1.29 is 8.42 Å². The van der Waals surface area contributed by atoms with Crippen molar-refractivity contribution in [3.8, 4) is 0 Å². The number of hydrogen-bond acceptors (Lipinski definition) is 3. The summed E-state index contributed by atoms with van der Waals surface area (Å²) in [6.07, 6.45) is 2.84. The molecule has 102 valence electrons. The molecular formula is C11H25N3O2S. The van der Waals surface area contributed by atoms with Crippen LogP contribution in [-0.4, -0.2) is 45.5 Å². The molecule has 5 nitrogen and oxygen atoms in total. The molecule has 0 aliphatic heterocycles. The maximum atomic E-state index is 10.9. The molecule has 0 aromatic rings. The van der Waals surface area contributed by atoms with Gasteiger partial charge in [-0.25, -0.2) is 8.42 Å². The largest absolute Gasteiger partial charge is 0.357 e. The van der Waals surface area contributed by atoms with Crippen LogP contribution in [0.4, 0.5) is 0 Å². The average Bonchev–Trinajstić information content (AvgIpc) is 2.23. The molecule has 0 saturated heterocycles. The van der Waals surface area contributed by atoms with Crippen molar-refractivity contribution >= 4 is 15.8 Å². The van der Waals surface area contributed by atoms with E-state index < -0.39 is 9.84 Å². The van der Waals surface area contributed by atoms with E-state index in [1.54, 1.807) is 0 Å². The average molecular weight is 263 g/mol. The van der Waals surface area contributed by atoms with E-state index in [-0.39, 0.29) is 5.75 Å². The minimum absolute atomic E-state index is 0.194. The van der Waals surface area contributed by atoms with Gasteiger partial charge in [0.25, 0.3) is 0 Å². The maximum absolute atomic E-state index is 10.9. The summed E-state index contributed by atoms with van der Waals surface area (Å²) in [4.78, 5) is 4.33. The molecule has 0 fully saturated rings. The van der Waals surface area contributed by atoms with Gasteiger partial charge in [-0.1, -0.05) is 6.92 Å². The summed E-state index contributed by atoms with van der Waals surface area (Å²) >= 11 is 0. The van der Waals surface area contributed by atoms with E-state index in [0.29, 0.717) is 19.0 Å². The van der Waals surface area contributed by atoms with Crippen LogP contribution in [0.2, 0.25) is 0 Å². The van der Waals surface area contributed by atoms with Crippen LogP contribution >= 0.6 is 0 Å². The molecular weight excluding hydrogens is 238 g/mol. The highest BCUT2D eigenvalue weighted by atomic mass is 32.2. The smallest absolute Gasteiger partial charge is 0.191 e. The summed E-state index contributed by atoms with van der Waals surface area (Å²) in [7, 11) is -2.87. The third kappa shape index (κ3) is 10.1. The van der Waals surface area contributed by atoms with Crippen molar-refractivity contribution in [1.82, 2.24) is 10.6 Å². The van der Waals surface area contributed by atoms with E-state index in [1.807, 2.05) is 6.92 Å². The van der Waals surface area contributed by atoms with Crippen molar-refractivity contribution in [2.45, 2.75) is 39.7 Å². The Kier molecular flexibility index (Phi) is 7.95. The lowest BCUT2D eigenvalue weighted by Crippen LogP contribution is -2.42. The van der Waals surface area contributed by atoms with Gasteiger partial charge in [-0.15, -0.1) is 0 Å². The van der Waals surface area contributed by atoms with Crippen LogP contribution in [0.3, 0.4) is 0 Å². The van der Waals surface area contributed by atoms with Crippen LogP contribution in [0.5, 0.6) is 0 Å². The molecule has 0 spiro atoms. The topological polar surface area (TPSA) is 70.6 Å². The Labute approximate surface area is 105 Å². The highest BCUT2D eigenvalue weighted by Crippen LogP contribution is 1.91. The first-order chi connectivity index (χ1) is 7.89. The second-order valence-electron chi connectivity index (χ2n) is 4.20. The van der Waals surface area contributed by atoms with Gasteiger partial charge in [0.2, 0.25) is 0 Å². The van der Waals surface area contributed by atoms with Gasteiger partial charge in [-0.05, 0) is 26.7 Å². The molecule has 1 unspecified atom stereocenters. The van der Waals surface area contributed by atoms with Gasteiger partial charge in [0.05, 0.1) is 5.75 Å². The van der Waals surface area contributed by atoms with E-state index in [2.05, 4.69) is 29.5 Å². The molecule has 2 N–H and O–H groups in total. The fourth-order valence-electron chi connectivity index (χ4n) is 1.17.